The molecule has 258 valence electrons. The summed E-state index contributed by atoms with van der Waals surface area (Å²) in [6, 6.07) is 8.33. The third-order valence-corrected chi connectivity index (χ3v) is 10.6. The Kier molecular flexibility index (Phi) is 10.5. The minimum Gasteiger partial charge on any atom is -0.446 e. The van der Waals surface area contributed by atoms with Gasteiger partial charge < -0.3 is 24.6 Å². The molecule has 3 fully saturated rings. The Morgan fingerprint density at radius 3 is 2.33 bits per heavy atom. The lowest BCUT2D eigenvalue weighted by Gasteiger charge is -2.41. The number of aryl methyl sites for hydroxylation is 1. The first kappa shape index (κ1) is 34.1. The molecule has 2 aliphatic heterocycles. The molecule has 3 aromatic rings. The third kappa shape index (κ3) is 8.63. The number of rotatable bonds is 6. The Morgan fingerprint density at radius 1 is 0.896 bits per heavy atom. The lowest BCUT2D eigenvalue weighted by Crippen LogP contribution is -2.50. The molecule has 0 spiro atoms. The van der Waals surface area contributed by atoms with Crippen LogP contribution in [-0.4, -0.2) is 81.8 Å². The van der Waals surface area contributed by atoms with Crippen molar-refractivity contribution in [2.24, 2.45) is 5.92 Å². The number of aromatic nitrogens is 2. The highest BCUT2D eigenvalue weighted by Gasteiger charge is 2.33. The van der Waals surface area contributed by atoms with Crippen LogP contribution in [0.5, 0.6) is 0 Å². The molecule has 3 amide bonds. The van der Waals surface area contributed by atoms with Gasteiger partial charge in [-0.2, -0.15) is 0 Å². The molecular weight excluding hydrogens is 629 g/mol. The topological polar surface area (TPSA) is 126 Å². The predicted molar refractivity (Wildman–Crippen MR) is 188 cm³/mol. The standard InChI is InChI=1S/C36H48N6O5S/c1-23-30(39-34(44)46-28-8-6-5-7-9-28)20-26(22-37-23)25-10-11-29-31(21-25)48-33(38-29)40-32(43)24-12-16-41(17-13-24)27-14-18-42(19-15-27)35(45)47-36(2,3)4/h10-11,20-22,24,27-28H,5-9,12-19H2,1-4H3,(H,39,44)(H,38,40,43). The van der Waals surface area contributed by atoms with E-state index in [0.29, 0.717) is 30.0 Å². The summed E-state index contributed by atoms with van der Waals surface area (Å²) in [5.74, 6) is -0.0349. The van der Waals surface area contributed by atoms with Crippen molar-refractivity contribution in [2.75, 3.05) is 36.8 Å². The maximum atomic E-state index is 13.3. The fraction of sp³-hybridized carbons (Fsp3) is 0.583. The minimum atomic E-state index is -0.487. The van der Waals surface area contributed by atoms with Crippen molar-refractivity contribution in [3.8, 4) is 11.1 Å². The number of hydrogen-bond acceptors (Lipinski definition) is 9. The van der Waals surface area contributed by atoms with Crippen LogP contribution in [0.4, 0.5) is 20.4 Å². The van der Waals surface area contributed by atoms with E-state index in [-0.39, 0.29) is 24.0 Å². The number of nitrogens with zero attached hydrogens (tertiary/aromatic N) is 4. The highest BCUT2D eigenvalue weighted by Crippen LogP contribution is 2.33. The van der Waals surface area contributed by atoms with Gasteiger partial charge in [0.1, 0.15) is 11.7 Å². The molecule has 12 heteroatoms. The number of thiazole rings is 1. The van der Waals surface area contributed by atoms with Crippen molar-refractivity contribution in [2.45, 2.75) is 103 Å². The summed E-state index contributed by atoms with van der Waals surface area (Å²) < 4.78 is 12.1. The van der Waals surface area contributed by atoms with Crippen molar-refractivity contribution in [1.29, 1.82) is 0 Å². The van der Waals surface area contributed by atoms with Crippen LogP contribution in [0.2, 0.25) is 0 Å². The number of pyridine rings is 1. The normalized spacial score (nSPS) is 18.9. The first-order valence-corrected chi connectivity index (χ1v) is 18.2. The quantitative estimate of drug-likeness (QED) is 0.274. The summed E-state index contributed by atoms with van der Waals surface area (Å²) in [5, 5.41) is 6.57. The number of benzene rings is 1. The Bertz CT molecular complexity index is 1610. The average Bonchev–Trinajstić information content (AvgIpc) is 3.47. The van der Waals surface area contributed by atoms with Crippen LogP contribution in [0.15, 0.2) is 30.5 Å². The van der Waals surface area contributed by atoms with Crippen LogP contribution < -0.4 is 10.6 Å². The van der Waals surface area contributed by atoms with Crippen LogP contribution in [-0.2, 0) is 14.3 Å². The molecule has 1 saturated carbocycles. The Hall–Kier alpha value is -3.77. The summed E-state index contributed by atoms with van der Waals surface area (Å²) in [6.45, 7) is 10.7. The molecule has 0 bridgehead atoms. The first-order chi connectivity index (χ1) is 23.0. The molecular formula is C36H48N6O5S. The second-order valence-electron chi connectivity index (χ2n) is 14.3. The highest BCUT2D eigenvalue weighted by atomic mass is 32.1. The molecule has 1 aliphatic carbocycles. The molecule has 48 heavy (non-hydrogen) atoms. The van der Waals surface area contributed by atoms with Gasteiger partial charge in [0.2, 0.25) is 5.91 Å². The van der Waals surface area contributed by atoms with Gasteiger partial charge in [0.25, 0.3) is 0 Å². The average molecular weight is 677 g/mol. The van der Waals surface area contributed by atoms with E-state index < -0.39 is 11.7 Å². The molecule has 3 aliphatic rings. The van der Waals surface area contributed by atoms with Crippen molar-refractivity contribution >= 4 is 50.5 Å². The summed E-state index contributed by atoms with van der Waals surface area (Å²) in [4.78, 5) is 51.8. The molecule has 4 heterocycles. The maximum absolute atomic E-state index is 13.3. The van der Waals surface area contributed by atoms with Gasteiger partial charge in [-0.05, 0) is 116 Å². The number of ether oxygens (including phenoxy) is 2. The monoisotopic (exact) mass is 676 g/mol. The van der Waals surface area contributed by atoms with E-state index in [1.807, 2.05) is 56.9 Å². The summed E-state index contributed by atoms with van der Waals surface area (Å²) >= 11 is 1.46. The van der Waals surface area contributed by atoms with Crippen molar-refractivity contribution < 1.29 is 23.9 Å². The first-order valence-electron chi connectivity index (χ1n) is 17.4. The number of piperidine rings is 2. The zero-order valence-electron chi connectivity index (χ0n) is 28.5. The van der Waals surface area contributed by atoms with E-state index in [9.17, 15) is 14.4 Å². The molecule has 1 aromatic carbocycles. The number of anilines is 2. The number of likely N-dealkylation sites (tertiary alicyclic amines) is 2. The van der Waals surface area contributed by atoms with Gasteiger partial charge in [0, 0.05) is 36.8 Å². The van der Waals surface area contributed by atoms with E-state index in [1.165, 1.54) is 17.8 Å². The fourth-order valence-corrected chi connectivity index (χ4v) is 7.83. The predicted octanol–water partition coefficient (Wildman–Crippen LogP) is 7.60. The Labute approximate surface area is 286 Å². The lowest BCUT2D eigenvalue weighted by atomic mass is 9.93. The molecule has 11 nitrogen and oxygen atoms in total. The number of amides is 3. The van der Waals surface area contributed by atoms with Crippen molar-refractivity contribution in [3.63, 3.8) is 0 Å². The van der Waals surface area contributed by atoms with Gasteiger partial charge in [0.15, 0.2) is 5.13 Å². The van der Waals surface area contributed by atoms with Crippen molar-refractivity contribution in [3.05, 3.63) is 36.2 Å². The van der Waals surface area contributed by atoms with Crippen molar-refractivity contribution in [1.82, 2.24) is 19.8 Å². The summed E-state index contributed by atoms with van der Waals surface area (Å²) in [6.07, 6.45) is 9.79. The van der Waals surface area contributed by atoms with Gasteiger partial charge in [-0.25, -0.2) is 14.6 Å². The largest absolute Gasteiger partial charge is 0.446 e. The number of fused-ring (bicyclic) bond motifs is 1. The maximum Gasteiger partial charge on any atom is 0.411 e. The zero-order chi connectivity index (χ0) is 33.8. The van der Waals surface area contributed by atoms with Gasteiger partial charge in [0.05, 0.1) is 21.6 Å². The number of carbonyl (C=O) groups is 3. The molecule has 2 saturated heterocycles. The van der Waals surface area contributed by atoms with E-state index in [4.69, 9.17) is 9.47 Å². The van der Waals surface area contributed by atoms with E-state index >= 15 is 0 Å². The van der Waals surface area contributed by atoms with Crippen LogP contribution in [0.3, 0.4) is 0 Å². The van der Waals surface area contributed by atoms with Crippen LogP contribution in [0, 0.1) is 12.8 Å². The van der Waals surface area contributed by atoms with Crippen LogP contribution in [0.25, 0.3) is 21.3 Å². The second-order valence-corrected chi connectivity index (χ2v) is 15.4. The molecule has 2 N–H and O–H groups in total. The Morgan fingerprint density at radius 2 is 1.62 bits per heavy atom. The molecule has 6 rings (SSSR count). The summed E-state index contributed by atoms with van der Waals surface area (Å²) in [7, 11) is 0. The SMILES string of the molecule is Cc1ncc(-c2ccc3nc(NC(=O)C4CCN(C5CCN(C(=O)OC(C)(C)C)CC5)CC4)sc3c2)cc1NC(=O)OC1CCCCC1. The van der Waals surface area contributed by atoms with E-state index in [0.717, 1.165) is 91.5 Å². The van der Waals surface area contributed by atoms with Gasteiger partial charge in [-0.1, -0.05) is 23.8 Å². The fourth-order valence-electron chi connectivity index (χ4n) is 6.92. The van der Waals surface area contributed by atoms with Gasteiger partial charge in [-0.3, -0.25) is 15.1 Å². The minimum absolute atomic E-state index is 0.0200. The number of hydrogen-bond donors (Lipinski definition) is 2. The second kappa shape index (κ2) is 14.8. The molecule has 0 atom stereocenters. The molecule has 2 aromatic heterocycles. The van der Waals surface area contributed by atoms with Gasteiger partial charge >= 0.3 is 12.2 Å². The molecule has 0 unspecified atom stereocenters. The summed E-state index contributed by atoms with van der Waals surface area (Å²) in [5.41, 5.74) is 3.50. The third-order valence-electron chi connectivity index (χ3n) is 9.63. The molecule has 0 radical (unpaired) electrons. The highest BCUT2D eigenvalue weighted by molar-refractivity contribution is 7.22. The van der Waals surface area contributed by atoms with Crippen LogP contribution >= 0.6 is 11.3 Å². The van der Waals surface area contributed by atoms with Gasteiger partial charge in [-0.15, -0.1) is 0 Å². The smallest absolute Gasteiger partial charge is 0.411 e. The Balaban J connectivity index is 1.01. The number of nitrogens with one attached hydrogen (secondary N) is 2. The zero-order valence-corrected chi connectivity index (χ0v) is 29.4. The lowest BCUT2D eigenvalue weighted by molar-refractivity contribution is -0.121. The number of carbonyl (C=O) groups excluding carboxylic acids is 3. The van der Waals surface area contributed by atoms with E-state index in [2.05, 4.69) is 25.5 Å². The van der Waals surface area contributed by atoms with E-state index in [1.54, 1.807) is 6.20 Å². The van der Waals surface area contributed by atoms with Crippen LogP contribution in [0.1, 0.15) is 84.3 Å².